The van der Waals surface area contributed by atoms with Crippen LogP contribution in [0.15, 0.2) is 24.5 Å². The SMILES string of the molecule is Cc1ncc(CN2CCC[C@H]2c2cc3nc(C(C)C)cc(C(F)(F)F)n3n2)cn1. The van der Waals surface area contributed by atoms with Gasteiger partial charge < -0.3 is 0 Å². The minimum absolute atomic E-state index is 0.0541. The average Bonchev–Trinajstić information content (AvgIpc) is 3.27. The van der Waals surface area contributed by atoms with Crippen molar-refractivity contribution in [2.45, 2.75) is 58.3 Å². The van der Waals surface area contributed by atoms with Crippen LogP contribution in [-0.2, 0) is 12.7 Å². The zero-order valence-corrected chi connectivity index (χ0v) is 16.6. The lowest BCUT2D eigenvalue weighted by Gasteiger charge is -2.22. The molecule has 0 radical (unpaired) electrons. The molecule has 0 aliphatic carbocycles. The predicted octanol–water partition coefficient (Wildman–Crippen LogP) is 4.31. The molecule has 1 atom stereocenters. The van der Waals surface area contributed by atoms with E-state index in [1.807, 2.05) is 20.8 Å². The van der Waals surface area contributed by atoms with E-state index >= 15 is 0 Å². The van der Waals surface area contributed by atoms with Gasteiger partial charge in [-0.15, -0.1) is 0 Å². The molecular weight excluding hydrogens is 381 g/mol. The standard InChI is InChI=1S/C20H23F3N6/c1-12(2)15-7-18(20(21,22)23)29-19(26-15)8-16(27-29)17-5-4-6-28(17)11-14-9-24-13(3)25-10-14/h7-10,12,17H,4-6,11H2,1-3H3/t17-/m0/s1. The van der Waals surface area contributed by atoms with Gasteiger partial charge in [0.05, 0.1) is 11.7 Å². The summed E-state index contributed by atoms with van der Waals surface area (Å²) in [5.74, 6) is 0.600. The smallest absolute Gasteiger partial charge is 0.290 e. The molecule has 4 heterocycles. The van der Waals surface area contributed by atoms with Crippen LogP contribution in [0.25, 0.3) is 5.65 Å². The third-order valence-corrected chi connectivity index (χ3v) is 5.27. The van der Waals surface area contributed by atoms with Crippen molar-refractivity contribution in [3.8, 4) is 0 Å². The fourth-order valence-corrected chi connectivity index (χ4v) is 3.76. The van der Waals surface area contributed by atoms with Gasteiger partial charge in [-0.05, 0) is 38.3 Å². The molecule has 1 fully saturated rings. The van der Waals surface area contributed by atoms with Crippen molar-refractivity contribution in [2.75, 3.05) is 6.54 Å². The van der Waals surface area contributed by atoms with E-state index in [-0.39, 0.29) is 17.6 Å². The van der Waals surface area contributed by atoms with Crippen molar-refractivity contribution >= 4 is 5.65 Å². The molecule has 0 aromatic carbocycles. The summed E-state index contributed by atoms with van der Waals surface area (Å²) in [5.41, 5.74) is 1.46. The van der Waals surface area contributed by atoms with Crippen LogP contribution in [0.3, 0.4) is 0 Å². The van der Waals surface area contributed by atoms with Gasteiger partial charge in [-0.3, -0.25) is 4.90 Å². The Bertz CT molecular complexity index is 1010. The largest absolute Gasteiger partial charge is 0.433 e. The second-order valence-corrected chi connectivity index (χ2v) is 7.82. The van der Waals surface area contributed by atoms with E-state index in [2.05, 4.69) is 25.0 Å². The first-order valence-corrected chi connectivity index (χ1v) is 9.72. The third kappa shape index (κ3) is 3.96. The molecule has 3 aromatic rings. The Morgan fingerprint density at radius 3 is 2.55 bits per heavy atom. The maximum atomic E-state index is 13.6. The minimum Gasteiger partial charge on any atom is -0.290 e. The number of likely N-dealkylation sites (tertiary alicyclic amines) is 1. The third-order valence-electron chi connectivity index (χ3n) is 5.27. The van der Waals surface area contributed by atoms with Gasteiger partial charge in [0.1, 0.15) is 11.5 Å². The van der Waals surface area contributed by atoms with Gasteiger partial charge in [-0.1, -0.05) is 13.8 Å². The number of alkyl halides is 3. The van der Waals surface area contributed by atoms with Crippen LogP contribution in [0.5, 0.6) is 0 Å². The Hall–Kier alpha value is -2.55. The molecule has 0 N–H and O–H groups in total. The van der Waals surface area contributed by atoms with Gasteiger partial charge in [0.25, 0.3) is 0 Å². The van der Waals surface area contributed by atoms with Crippen LogP contribution in [0.1, 0.15) is 67.1 Å². The van der Waals surface area contributed by atoms with E-state index in [4.69, 9.17) is 0 Å². The minimum atomic E-state index is -4.50. The van der Waals surface area contributed by atoms with Gasteiger partial charge in [0.2, 0.25) is 0 Å². The monoisotopic (exact) mass is 404 g/mol. The number of fused-ring (bicyclic) bond motifs is 1. The topological polar surface area (TPSA) is 59.2 Å². The summed E-state index contributed by atoms with van der Waals surface area (Å²) in [6.07, 6.45) is 0.888. The van der Waals surface area contributed by atoms with Crippen LogP contribution in [0, 0.1) is 6.92 Å². The van der Waals surface area contributed by atoms with Gasteiger partial charge in [0.15, 0.2) is 5.65 Å². The summed E-state index contributed by atoms with van der Waals surface area (Å²) in [5, 5.41) is 4.33. The number of aryl methyl sites for hydroxylation is 1. The Morgan fingerprint density at radius 1 is 1.17 bits per heavy atom. The number of hydrogen-bond donors (Lipinski definition) is 0. The van der Waals surface area contributed by atoms with Crippen molar-refractivity contribution in [3.05, 3.63) is 53.0 Å². The summed E-state index contributed by atoms with van der Waals surface area (Å²) in [6, 6.07) is 2.74. The molecule has 154 valence electrons. The molecule has 0 unspecified atom stereocenters. The predicted molar refractivity (Wildman–Crippen MR) is 101 cm³/mol. The van der Waals surface area contributed by atoms with E-state index in [9.17, 15) is 13.2 Å². The Labute approximate surface area is 166 Å². The van der Waals surface area contributed by atoms with Gasteiger partial charge >= 0.3 is 6.18 Å². The lowest BCUT2D eigenvalue weighted by Crippen LogP contribution is -2.23. The zero-order valence-electron chi connectivity index (χ0n) is 16.6. The quantitative estimate of drug-likeness (QED) is 0.649. The second kappa shape index (κ2) is 7.37. The molecular formula is C20H23F3N6. The van der Waals surface area contributed by atoms with E-state index in [1.165, 1.54) is 0 Å². The molecule has 1 aliphatic rings. The van der Waals surface area contributed by atoms with E-state index < -0.39 is 11.9 Å². The molecule has 1 saturated heterocycles. The summed E-state index contributed by atoms with van der Waals surface area (Å²) >= 11 is 0. The van der Waals surface area contributed by atoms with Crippen LogP contribution in [0.4, 0.5) is 13.2 Å². The van der Waals surface area contributed by atoms with Crippen molar-refractivity contribution in [1.29, 1.82) is 0 Å². The summed E-state index contributed by atoms with van der Waals surface area (Å²) in [6.45, 7) is 6.98. The highest BCUT2D eigenvalue weighted by atomic mass is 19.4. The van der Waals surface area contributed by atoms with Crippen molar-refractivity contribution in [1.82, 2.24) is 29.5 Å². The van der Waals surface area contributed by atoms with Crippen molar-refractivity contribution in [3.63, 3.8) is 0 Å². The highest BCUT2D eigenvalue weighted by molar-refractivity contribution is 5.44. The van der Waals surface area contributed by atoms with Gasteiger partial charge in [-0.25, -0.2) is 19.5 Å². The number of halogens is 3. The molecule has 9 heteroatoms. The number of rotatable bonds is 4. The maximum absolute atomic E-state index is 13.6. The molecule has 6 nitrogen and oxygen atoms in total. The maximum Gasteiger partial charge on any atom is 0.433 e. The lowest BCUT2D eigenvalue weighted by molar-refractivity contribution is -0.142. The lowest BCUT2D eigenvalue weighted by atomic mass is 10.1. The van der Waals surface area contributed by atoms with Crippen LogP contribution >= 0.6 is 0 Å². The van der Waals surface area contributed by atoms with Crippen molar-refractivity contribution < 1.29 is 13.2 Å². The van der Waals surface area contributed by atoms with Crippen LogP contribution in [0.2, 0.25) is 0 Å². The zero-order chi connectivity index (χ0) is 20.8. The summed E-state index contributed by atoms with van der Waals surface area (Å²) in [7, 11) is 0. The van der Waals surface area contributed by atoms with Crippen LogP contribution < -0.4 is 0 Å². The molecule has 0 spiro atoms. The first-order valence-electron chi connectivity index (χ1n) is 9.72. The Morgan fingerprint density at radius 2 is 1.90 bits per heavy atom. The average molecular weight is 404 g/mol. The molecule has 0 bridgehead atoms. The van der Waals surface area contributed by atoms with E-state index in [1.54, 1.807) is 18.5 Å². The molecule has 0 amide bonds. The van der Waals surface area contributed by atoms with Gasteiger partial charge in [-0.2, -0.15) is 18.3 Å². The molecule has 0 saturated carbocycles. The molecule has 29 heavy (non-hydrogen) atoms. The number of hydrogen-bond acceptors (Lipinski definition) is 5. The Kier molecular flexibility index (Phi) is 5.02. The normalized spacial score (nSPS) is 18.2. The Balaban J connectivity index is 1.70. The number of nitrogens with zero attached hydrogens (tertiary/aromatic N) is 6. The highest BCUT2D eigenvalue weighted by Crippen LogP contribution is 2.35. The summed E-state index contributed by atoms with van der Waals surface area (Å²) in [4.78, 5) is 15.1. The van der Waals surface area contributed by atoms with Crippen LogP contribution in [-0.4, -0.2) is 36.0 Å². The molecule has 3 aromatic heterocycles. The first kappa shape index (κ1) is 19.8. The number of aromatic nitrogens is 5. The van der Waals surface area contributed by atoms with E-state index in [0.717, 1.165) is 35.5 Å². The summed E-state index contributed by atoms with van der Waals surface area (Å²) < 4.78 is 41.8. The molecule has 4 rings (SSSR count). The fraction of sp³-hybridized carbons (Fsp3) is 0.500. The molecule has 1 aliphatic heterocycles. The highest BCUT2D eigenvalue weighted by Gasteiger charge is 2.36. The first-order chi connectivity index (χ1) is 13.7. The fourth-order valence-electron chi connectivity index (χ4n) is 3.76. The second-order valence-electron chi connectivity index (χ2n) is 7.82. The van der Waals surface area contributed by atoms with Gasteiger partial charge in [0, 0.05) is 36.3 Å². The van der Waals surface area contributed by atoms with E-state index in [0.29, 0.717) is 23.8 Å². The van der Waals surface area contributed by atoms with Crippen molar-refractivity contribution in [2.24, 2.45) is 0 Å².